The van der Waals surface area contributed by atoms with Gasteiger partial charge >= 0.3 is 5.97 Å². The standard InChI is InChI=1S/C17H24O5/c1-17(2,16(18)19)11-12-5-4-6-14(20-3)15(12)22-13-7-9-21-10-8-13/h4-6,13H,7-11H2,1-3H3,(H,18,19). The second-order valence-corrected chi connectivity index (χ2v) is 6.24. The first-order chi connectivity index (χ1) is 10.4. The summed E-state index contributed by atoms with van der Waals surface area (Å²) in [6.45, 7) is 4.81. The number of methoxy groups -OCH3 is 1. The van der Waals surface area contributed by atoms with Crippen LogP contribution in [0, 0.1) is 5.41 Å². The third-order valence-electron chi connectivity index (χ3n) is 3.94. The molecular formula is C17H24O5. The molecule has 0 saturated carbocycles. The smallest absolute Gasteiger partial charge is 0.309 e. The molecule has 0 unspecified atom stereocenters. The van der Waals surface area contributed by atoms with Gasteiger partial charge in [-0.05, 0) is 31.9 Å². The highest BCUT2D eigenvalue weighted by molar-refractivity contribution is 5.74. The number of aliphatic carboxylic acids is 1. The van der Waals surface area contributed by atoms with E-state index in [2.05, 4.69) is 0 Å². The fraction of sp³-hybridized carbons (Fsp3) is 0.588. The molecule has 122 valence electrons. The first-order valence-electron chi connectivity index (χ1n) is 7.57. The van der Waals surface area contributed by atoms with Gasteiger partial charge in [-0.1, -0.05) is 12.1 Å². The van der Waals surface area contributed by atoms with E-state index in [1.54, 1.807) is 21.0 Å². The SMILES string of the molecule is COc1cccc(CC(C)(C)C(=O)O)c1OC1CCOCC1. The predicted octanol–water partition coefficient (Wildman–Crippen LogP) is 2.91. The van der Waals surface area contributed by atoms with Crippen LogP contribution in [0.5, 0.6) is 11.5 Å². The normalized spacial score (nSPS) is 16.3. The number of ether oxygens (including phenoxy) is 3. The lowest BCUT2D eigenvalue weighted by Crippen LogP contribution is -2.28. The zero-order valence-electron chi connectivity index (χ0n) is 13.4. The maximum atomic E-state index is 11.4. The Hall–Kier alpha value is -1.75. The van der Waals surface area contributed by atoms with Crippen molar-refractivity contribution >= 4 is 5.97 Å². The molecule has 1 fully saturated rings. The van der Waals surface area contributed by atoms with Crippen molar-refractivity contribution < 1.29 is 24.1 Å². The van der Waals surface area contributed by atoms with Gasteiger partial charge in [0.05, 0.1) is 25.7 Å². The lowest BCUT2D eigenvalue weighted by molar-refractivity contribution is -0.146. The first-order valence-corrected chi connectivity index (χ1v) is 7.57. The largest absolute Gasteiger partial charge is 0.493 e. The molecule has 22 heavy (non-hydrogen) atoms. The number of hydrogen-bond donors (Lipinski definition) is 1. The number of carboxylic acids is 1. The zero-order valence-corrected chi connectivity index (χ0v) is 13.4. The molecule has 1 aliphatic heterocycles. The topological polar surface area (TPSA) is 65.0 Å². The highest BCUT2D eigenvalue weighted by Gasteiger charge is 2.30. The lowest BCUT2D eigenvalue weighted by Gasteiger charge is -2.27. The minimum Gasteiger partial charge on any atom is -0.493 e. The molecule has 1 aromatic carbocycles. The number of hydrogen-bond acceptors (Lipinski definition) is 4. The highest BCUT2D eigenvalue weighted by atomic mass is 16.5. The molecular weight excluding hydrogens is 284 g/mol. The number of rotatable bonds is 6. The van der Waals surface area contributed by atoms with Crippen LogP contribution in [0.1, 0.15) is 32.3 Å². The number of carbonyl (C=O) groups is 1. The van der Waals surface area contributed by atoms with Crippen molar-refractivity contribution in [3.05, 3.63) is 23.8 Å². The Labute approximate surface area is 131 Å². The third kappa shape index (κ3) is 3.91. The molecule has 0 amide bonds. The Kier molecular flexibility index (Phi) is 5.29. The van der Waals surface area contributed by atoms with Crippen LogP contribution in [0.2, 0.25) is 0 Å². The van der Waals surface area contributed by atoms with E-state index >= 15 is 0 Å². The molecule has 1 saturated heterocycles. The summed E-state index contributed by atoms with van der Waals surface area (Å²) in [6.07, 6.45) is 2.13. The van der Waals surface area contributed by atoms with E-state index in [9.17, 15) is 9.90 Å². The lowest BCUT2D eigenvalue weighted by atomic mass is 9.85. The molecule has 5 nitrogen and oxygen atoms in total. The summed E-state index contributed by atoms with van der Waals surface area (Å²) >= 11 is 0. The molecule has 0 spiro atoms. The summed E-state index contributed by atoms with van der Waals surface area (Å²) in [4.78, 5) is 11.4. The number of carboxylic acid groups (broad SMARTS) is 1. The van der Waals surface area contributed by atoms with Crippen LogP contribution in [-0.4, -0.2) is 37.5 Å². The van der Waals surface area contributed by atoms with Gasteiger partial charge in [0.1, 0.15) is 6.10 Å². The van der Waals surface area contributed by atoms with Crippen LogP contribution in [0.3, 0.4) is 0 Å². The van der Waals surface area contributed by atoms with Crippen molar-refractivity contribution in [3.63, 3.8) is 0 Å². The summed E-state index contributed by atoms with van der Waals surface area (Å²) in [5, 5.41) is 9.35. The fourth-order valence-electron chi connectivity index (χ4n) is 2.51. The monoisotopic (exact) mass is 308 g/mol. The van der Waals surface area contributed by atoms with Crippen molar-refractivity contribution in [3.8, 4) is 11.5 Å². The average Bonchev–Trinajstić information content (AvgIpc) is 2.49. The second-order valence-electron chi connectivity index (χ2n) is 6.24. The highest BCUT2D eigenvalue weighted by Crippen LogP contribution is 2.36. The van der Waals surface area contributed by atoms with Crippen molar-refractivity contribution in [1.82, 2.24) is 0 Å². The third-order valence-corrected chi connectivity index (χ3v) is 3.94. The van der Waals surface area contributed by atoms with Gasteiger partial charge in [0.25, 0.3) is 0 Å². The maximum Gasteiger partial charge on any atom is 0.309 e. The Bertz CT molecular complexity index is 518. The van der Waals surface area contributed by atoms with Crippen LogP contribution in [0.4, 0.5) is 0 Å². The van der Waals surface area contributed by atoms with E-state index in [4.69, 9.17) is 14.2 Å². The zero-order chi connectivity index (χ0) is 16.2. The minimum atomic E-state index is -0.861. The predicted molar refractivity (Wildman–Crippen MR) is 82.6 cm³/mol. The van der Waals surface area contributed by atoms with Gasteiger partial charge in [-0.3, -0.25) is 4.79 Å². The van der Waals surface area contributed by atoms with Gasteiger partial charge in [0.15, 0.2) is 11.5 Å². The molecule has 1 aliphatic rings. The van der Waals surface area contributed by atoms with Gasteiger partial charge in [-0.2, -0.15) is 0 Å². The van der Waals surface area contributed by atoms with Crippen molar-refractivity contribution in [2.75, 3.05) is 20.3 Å². The van der Waals surface area contributed by atoms with Gasteiger partial charge in [-0.25, -0.2) is 0 Å². The van der Waals surface area contributed by atoms with Crippen LogP contribution in [0.25, 0.3) is 0 Å². The van der Waals surface area contributed by atoms with Gasteiger partial charge in [-0.15, -0.1) is 0 Å². The van der Waals surface area contributed by atoms with Crippen LogP contribution >= 0.6 is 0 Å². The summed E-state index contributed by atoms with van der Waals surface area (Å²) < 4.78 is 16.9. The second kappa shape index (κ2) is 7.01. The van der Waals surface area contributed by atoms with E-state index < -0.39 is 11.4 Å². The van der Waals surface area contributed by atoms with E-state index in [-0.39, 0.29) is 6.10 Å². The Morgan fingerprint density at radius 3 is 2.64 bits per heavy atom. The minimum absolute atomic E-state index is 0.0803. The van der Waals surface area contributed by atoms with E-state index in [1.165, 1.54) is 0 Å². The van der Waals surface area contributed by atoms with E-state index in [1.807, 2.05) is 18.2 Å². The average molecular weight is 308 g/mol. The van der Waals surface area contributed by atoms with Crippen molar-refractivity contribution in [2.24, 2.45) is 5.41 Å². The molecule has 2 rings (SSSR count). The summed E-state index contributed by atoms with van der Waals surface area (Å²) in [7, 11) is 1.60. The molecule has 5 heteroatoms. The molecule has 0 radical (unpaired) electrons. The molecule has 0 bridgehead atoms. The summed E-state index contributed by atoms with van der Waals surface area (Å²) in [5.74, 6) is 0.476. The molecule has 0 aliphatic carbocycles. The van der Waals surface area contributed by atoms with Gasteiger partial charge in [0.2, 0.25) is 0 Å². The van der Waals surface area contributed by atoms with Crippen LogP contribution in [0.15, 0.2) is 18.2 Å². The quantitative estimate of drug-likeness (QED) is 0.875. The van der Waals surface area contributed by atoms with E-state index in [0.717, 1.165) is 18.4 Å². The fourth-order valence-corrected chi connectivity index (χ4v) is 2.51. The molecule has 0 aromatic heterocycles. The molecule has 1 aromatic rings. The number of benzene rings is 1. The molecule has 1 N–H and O–H groups in total. The van der Waals surface area contributed by atoms with Crippen molar-refractivity contribution in [2.45, 2.75) is 39.2 Å². The van der Waals surface area contributed by atoms with Gasteiger partial charge in [0, 0.05) is 12.8 Å². The Balaban J connectivity index is 2.26. The molecule has 0 atom stereocenters. The van der Waals surface area contributed by atoms with Crippen LogP contribution in [-0.2, 0) is 16.0 Å². The maximum absolute atomic E-state index is 11.4. The molecule has 1 heterocycles. The van der Waals surface area contributed by atoms with Crippen LogP contribution < -0.4 is 9.47 Å². The number of para-hydroxylation sites is 1. The first kappa shape index (κ1) is 16.6. The summed E-state index contributed by atoms with van der Waals surface area (Å²) in [6, 6.07) is 5.61. The van der Waals surface area contributed by atoms with Gasteiger partial charge < -0.3 is 19.3 Å². The summed E-state index contributed by atoms with van der Waals surface area (Å²) in [5.41, 5.74) is -0.00148. The van der Waals surface area contributed by atoms with E-state index in [0.29, 0.717) is 31.1 Å². The van der Waals surface area contributed by atoms with Crippen molar-refractivity contribution in [1.29, 1.82) is 0 Å². The Morgan fingerprint density at radius 1 is 1.36 bits per heavy atom. The Morgan fingerprint density at radius 2 is 2.05 bits per heavy atom.